The second kappa shape index (κ2) is 14.9. The summed E-state index contributed by atoms with van der Waals surface area (Å²) in [6, 6.07) is 11.0. The highest BCUT2D eigenvalue weighted by atomic mass is 16.7. The lowest BCUT2D eigenvalue weighted by molar-refractivity contribution is -0.870. The Labute approximate surface area is 278 Å². The lowest BCUT2D eigenvalue weighted by Crippen LogP contribution is -2.46. The summed E-state index contributed by atoms with van der Waals surface area (Å²) >= 11 is 0. The Balaban J connectivity index is 1.41. The summed E-state index contributed by atoms with van der Waals surface area (Å²) < 4.78 is 17.8. The van der Waals surface area contributed by atoms with E-state index in [1.54, 1.807) is 12.0 Å². The molecule has 3 heterocycles. The molecule has 2 amide bonds. The van der Waals surface area contributed by atoms with Crippen LogP contribution in [0.1, 0.15) is 56.1 Å². The van der Waals surface area contributed by atoms with Crippen molar-refractivity contribution >= 4 is 23.5 Å². The summed E-state index contributed by atoms with van der Waals surface area (Å²) in [6.07, 6.45) is 4.59. The Kier molecular flexibility index (Phi) is 11.0. The number of quaternary nitrogens is 1. The number of nitrogens with zero attached hydrogens (tertiary/aromatic N) is 4. The van der Waals surface area contributed by atoms with Crippen LogP contribution in [0, 0.1) is 5.92 Å². The van der Waals surface area contributed by atoms with Crippen LogP contribution in [0.5, 0.6) is 17.2 Å². The number of hydrogen-bond acceptors (Lipinski definition) is 7. The molecule has 11 nitrogen and oxygen atoms in total. The molecule has 0 bridgehead atoms. The number of carboxylic acid groups (broad SMARTS) is 1. The molecule has 47 heavy (non-hydrogen) atoms. The monoisotopic (exact) mass is 651 g/mol. The summed E-state index contributed by atoms with van der Waals surface area (Å²) in [5.74, 6) is -0.619. The van der Waals surface area contributed by atoms with E-state index in [9.17, 15) is 19.5 Å². The minimum absolute atomic E-state index is 0.00961. The van der Waals surface area contributed by atoms with Crippen molar-refractivity contribution in [3.63, 3.8) is 0 Å². The van der Waals surface area contributed by atoms with E-state index in [1.165, 1.54) is 0 Å². The van der Waals surface area contributed by atoms with Crippen molar-refractivity contribution in [3.8, 4) is 17.2 Å². The van der Waals surface area contributed by atoms with Crippen molar-refractivity contribution in [1.82, 2.24) is 9.80 Å². The Morgan fingerprint density at radius 3 is 2.57 bits per heavy atom. The molecule has 1 fully saturated rings. The molecule has 5 rings (SSSR count). The molecule has 3 aliphatic heterocycles. The molecule has 2 aromatic carbocycles. The topological polar surface area (TPSA) is 109 Å². The number of fused-ring (bicyclic) bond motifs is 2. The van der Waals surface area contributed by atoms with Crippen LogP contribution in [-0.2, 0) is 20.8 Å². The van der Waals surface area contributed by atoms with Gasteiger partial charge in [-0.15, -0.1) is 0 Å². The quantitative estimate of drug-likeness (QED) is 0.215. The highest BCUT2D eigenvalue weighted by Gasteiger charge is 2.48. The van der Waals surface area contributed by atoms with Gasteiger partial charge in [0, 0.05) is 43.8 Å². The van der Waals surface area contributed by atoms with Crippen LogP contribution in [0.2, 0.25) is 0 Å². The number of unbranched alkanes of at least 4 members (excludes halogenated alkanes) is 2. The number of carboxylic acids is 1. The van der Waals surface area contributed by atoms with Crippen LogP contribution >= 0.6 is 0 Å². The van der Waals surface area contributed by atoms with Gasteiger partial charge in [0.1, 0.15) is 0 Å². The lowest BCUT2D eigenvalue weighted by atomic mass is 9.84. The van der Waals surface area contributed by atoms with Crippen LogP contribution in [0.25, 0.3) is 0 Å². The molecule has 3 unspecified atom stereocenters. The molecule has 256 valence electrons. The number of para-hydroxylation sites is 1. The predicted molar refractivity (Wildman–Crippen MR) is 179 cm³/mol. The zero-order valence-electron chi connectivity index (χ0n) is 28.6. The van der Waals surface area contributed by atoms with Crippen molar-refractivity contribution < 1.29 is 38.2 Å². The Bertz CT molecular complexity index is 1440. The Morgan fingerprint density at radius 1 is 1.09 bits per heavy atom. The van der Waals surface area contributed by atoms with Crippen molar-refractivity contribution in [1.29, 1.82) is 0 Å². The fraction of sp³-hybridized carbons (Fsp3) is 0.583. The van der Waals surface area contributed by atoms with Crippen LogP contribution < -0.4 is 19.1 Å². The van der Waals surface area contributed by atoms with Gasteiger partial charge in [-0.25, -0.2) is 0 Å². The second-order valence-corrected chi connectivity index (χ2v) is 14.0. The second-order valence-electron chi connectivity index (χ2n) is 14.0. The standard InChI is InChI=1S/C36H50N4O7/c1-6-7-15-37(16-10-11-18-40(2,3)4)33(42)23-38-22-27(26-19-30(45-5)35-31(20-26)46-24-47-35)34(36(43)44)29(38)14-17-39-28-13-9-8-12-25(28)21-32(39)41/h8-9,12-13,19-20,27,29,34H,6-7,10-11,14-18,21-24H2,1-5H3/p+1. The molecule has 2 aromatic rings. The number of ether oxygens (including phenoxy) is 3. The van der Waals surface area contributed by atoms with Gasteiger partial charge in [-0.05, 0) is 55.0 Å². The Hall–Kier alpha value is -3.83. The third-order valence-corrected chi connectivity index (χ3v) is 9.70. The van der Waals surface area contributed by atoms with E-state index in [-0.39, 0.29) is 25.2 Å². The molecule has 0 aromatic heterocycles. The minimum atomic E-state index is -0.928. The van der Waals surface area contributed by atoms with Gasteiger partial charge >= 0.3 is 5.97 Å². The number of carbonyl (C=O) groups is 3. The smallest absolute Gasteiger partial charge is 0.308 e. The number of aliphatic carboxylic acids is 1. The Morgan fingerprint density at radius 2 is 1.85 bits per heavy atom. The zero-order chi connectivity index (χ0) is 33.7. The van der Waals surface area contributed by atoms with Crippen molar-refractivity contribution in [2.45, 2.75) is 57.4 Å². The number of amides is 2. The number of likely N-dealkylation sites (tertiary alicyclic amines) is 1. The summed E-state index contributed by atoms with van der Waals surface area (Å²) in [5.41, 5.74) is 2.62. The van der Waals surface area contributed by atoms with Gasteiger partial charge in [-0.3, -0.25) is 19.3 Å². The summed E-state index contributed by atoms with van der Waals surface area (Å²) in [6.45, 7) is 5.46. The van der Waals surface area contributed by atoms with E-state index in [0.29, 0.717) is 56.3 Å². The largest absolute Gasteiger partial charge is 0.493 e. The fourth-order valence-corrected chi connectivity index (χ4v) is 7.25. The maximum absolute atomic E-state index is 14.0. The number of anilines is 1. The normalized spacial score (nSPS) is 20.5. The van der Waals surface area contributed by atoms with Gasteiger partial charge in [-0.1, -0.05) is 31.5 Å². The zero-order valence-corrected chi connectivity index (χ0v) is 28.6. The van der Waals surface area contributed by atoms with Crippen molar-refractivity contribution in [2.75, 3.05) is 79.2 Å². The SMILES string of the molecule is CCCCN(CCCC[N+](C)(C)C)C(=O)CN1CC(c2cc(OC)c3c(c2)OCO3)C(C(=O)O)C1CCN1C(=O)Cc2ccccc21. The number of carbonyl (C=O) groups excluding carboxylic acids is 2. The number of benzene rings is 2. The fourth-order valence-electron chi connectivity index (χ4n) is 7.25. The van der Waals surface area contributed by atoms with Crippen LogP contribution in [-0.4, -0.2) is 118 Å². The maximum atomic E-state index is 14.0. The number of hydrogen-bond donors (Lipinski definition) is 1. The van der Waals surface area contributed by atoms with Gasteiger partial charge in [0.2, 0.25) is 24.4 Å². The number of methoxy groups -OCH3 is 1. The molecule has 11 heteroatoms. The molecule has 0 spiro atoms. The van der Waals surface area contributed by atoms with Gasteiger partial charge in [-0.2, -0.15) is 0 Å². The van der Waals surface area contributed by atoms with E-state index < -0.39 is 23.8 Å². The first-order valence-corrected chi connectivity index (χ1v) is 16.9. The van der Waals surface area contributed by atoms with Crippen LogP contribution in [0.15, 0.2) is 36.4 Å². The molecular weight excluding hydrogens is 600 g/mol. The van der Waals surface area contributed by atoms with Gasteiger partial charge in [0.15, 0.2) is 11.5 Å². The molecule has 1 N–H and O–H groups in total. The summed E-state index contributed by atoms with van der Waals surface area (Å²) in [4.78, 5) is 45.9. The van der Waals surface area contributed by atoms with Gasteiger partial charge in [0.25, 0.3) is 0 Å². The lowest BCUT2D eigenvalue weighted by Gasteiger charge is -2.31. The average Bonchev–Trinajstić information content (AvgIpc) is 3.73. The first-order valence-electron chi connectivity index (χ1n) is 16.9. The highest BCUT2D eigenvalue weighted by Crippen LogP contribution is 2.47. The van der Waals surface area contributed by atoms with Crippen LogP contribution in [0.3, 0.4) is 0 Å². The van der Waals surface area contributed by atoms with E-state index >= 15 is 0 Å². The van der Waals surface area contributed by atoms with Crippen LogP contribution in [0.4, 0.5) is 5.69 Å². The molecule has 0 aliphatic carbocycles. The highest BCUT2D eigenvalue weighted by molar-refractivity contribution is 6.01. The predicted octanol–water partition coefficient (Wildman–Crippen LogP) is 3.99. The van der Waals surface area contributed by atoms with E-state index in [1.807, 2.05) is 46.2 Å². The van der Waals surface area contributed by atoms with Gasteiger partial charge < -0.3 is 33.6 Å². The minimum Gasteiger partial charge on any atom is -0.493 e. The molecule has 0 radical (unpaired) electrons. The third-order valence-electron chi connectivity index (χ3n) is 9.70. The molecule has 3 aliphatic rings. The van der Waals surface area contributed by atoms with E-state index in [0.717, 1.165) is 53.5 Å². The maximum Gasteiger partial charge on any atom is 0.308 e. The van der Waals surface area contributed by atoms with E-state index in [4.69, 9.17) is 14.2 Å². The average molecular weight is 652 g/mol. The summed E-state index contributed by atoms with van der Waals surface area (Å²) in [5, 5.41) is 10.7. The number of rotatable bonds is 16. The molecule has 1 saturated heterocycles. The molecule has 3 atom stereocenters. The first kappa shape index (κ1) is 34.5. The van der Waals surface area contributed by atoms with Gasteiger partial charge in [0.05, 0.1) is 53.7 Å². The first-order chi connectivity index (χ1) is 22.5. The van der Waals surface area contributed by atoms with Crippen molar-refractivity contribution in [3.05, 3.63) is 47.5 Å². The molecule has 0 saturated carbocycles. The molecular formula is C36H51N4O7+. The van der Waals surface area contributed by atoms with E-state index in [2.05, 4.69) is 28.1 Å². The third kappa shape index (κ3) is 8.01. The summed E-state index contributed by atoms with van der Waals surface area (Å²) in [7, 11) is 8.07. The van der Waals surface area contributed by atoms with Crippen molar-refractivity contribution in [2.24, 2.45) is 5.92 Å².